The predicted octanol–water partition coefficient (Wildman–Crippen LogP) is 12.9. The first-order valence-corrected chi connectivity index (χ1v) is 20.6. The molecule has 0 fully saturated rings. The topological polar surface area (TPSA) is 78.9 Å². The van der Waals surface area contributed by atoms with Gasteiger partial charge >= 0.3 is 17.9 Å². The number of hydrogen-bond acceptors (Lipinski definition) is 6. The molecule has 0 radical (unpaired) electrons. The van der Waals surface area contributed by atoms with Gasteiger partial charge in [0.1, 0.15) is 13.2 Å². The molecule has 0 aliphatic rings. The van der Waals surface area contributed by atoms with Crippen LogP contribution in [0.2, 0.25) is 0 Å². The summed E-state index contributed by atoms with van der Waals surface area (Å²) in [5, 5.41) is 0. The maximum Gasteiger partial charge on any atom is 0.309 e. The lowest BCUT2D eigenvalue weighted by molar-refractivity contribution is -0.166. The van der Waals surface area contributed by atoms with Crippen LogP contribution in [-0.2, 0) is 28.6 Å². The molecule has 6 nitrogen and oxygen atoms in total. The molecule has 0 bridgehead atoms. The third-order valence-corrected chi connectivity index (χ3v) is 8.27. The van der Waals surface area contributed by atoms with Crippen molar-refractivity contribution < 1.29 is 28.6 Å². The average Bonchev–Trinajstić information content (AvgIpc) is 3.14. The van der Waals surface area contributed by atoms with Crippen molar-refractivity contribution in [2.24, 2.45) is 0 Å². The number of hydrogen-bond donors (Lipinski definition) is 0. The van der Waals surface area contributed by atoms with Crippen LogP contribution in [-0.4, -0.2) is 37.2 Å². The highest BCUT2D eigenvalue weighted by Gasteiger charge is 2.19. The average molecular weight is 723 g/mol. The van der Waals surface area contributed by atoms with Gasteiger partial charge in [-0.15, -0.1) is 0 Å². The zero-order valence-corrected chi connectivity index (χ0v) is 33.3. The molecular formula is C46H74O6. The van der Waals surface area contributed by atoms with Crippen LogP contribution in [0.3, 0.4) is 0 Å². The van der Waals surface area contributed by atoms with E-state index in [9.17, 15) is 14.4 Å². The van der Waals surface area contributed by atoms with Gasteiger partial charge in [-0.25, -0.2) is 0 Å². The maximum atomic E-state index is 12.6. The first kappa shape index (κ1) is 48.6. The molecule has 0 saturated carbocycles. The van der Waals surface area contributed by atoms with E-state index in [1.54, 1.807) is 6.08 Å². The van der Waals surface area contributed by atoms with Crippen molar-refractivity contribution in [1.82, 2.24) is 0 Å². The molecule has 0 aliphatic heterocycles. The van der Waals surface area contributed by atoms with E-state index in [-0.39, 0.29) is 31.6 Å². The Labute approximate surface area is 318 Å². The van der Waals surface area contributed by atoms with Gasteiger partial charge in [0.15, 0.2) is 6.10 Å². The summed E-state index contributed by atoms with van der Waals surface area (Å²) in [7, 11) is 0. The van der Waals surface area contributed by atoms with Crippen LogP contribution in [0.25, 0.3) is 0 Å². The number of carbonyl (C=O) groups excluding carboxylic acids is 3. The van der Waals surface area contributed by atoms with Gasteiger partial charge in [-0.3, -0.25) is 14.4 Å². The van der Waals surface area contributed by atoms with Crippen molar-refractivity contribution in [3.63, 3.8) is 0 Å². The molecule has 0 saturated heterocycles. The third-order valence-electron chi connectivity index (χ3n) is 8.27. The fourth-order valence-corrected chi connectivity index (χ4v) is 5.22. The molecule has 1 unspecified atom stereocenters. The Hall–Kier alpha value is -3.41. The van der Waals surface area contributed by atoms with Crippen LogP contribution in [0.5, 0.6) is 0 Å². The molecule has 294 valence electrons. The fraction of sp³-hybridized carbons (Fsp3) is 0.630. The number of allylic oxidation sites excluding steroid dienone is 13. The van der Waals surface area contributed by atoms with Crippen LogP contribution in [0.4, 0.5) is 0 Å². The van der Waals surface area contributed by atoms with Crippen molar-refractivity contribution in [3.8, 4) is 0 Å². The van der Waals surface area contributed by atoms with Gasteiger partial charge in [0.25, 0.3) is 0 Å². The number of unbranched alkanes of at least 4 members (excludes halogenated alkanes) is 14. The standard InChI is InChI=1S/C46H74O6/c1-4-7-10-13-16-19-21-23-25-27-30-33-36-39-45(48)51-42-43(41-50-44(47)38-35-32-29-26-18-15-12-9-6-3)52-46(49)40-37-34-31-28-24-22-20-17-14-11-8-5-2/h7,9-10,12-13,16,18-19,21,23,25-26,32,35,43H,4-6,8,11,14-15,17,20,22,24,27-31,33-34,36-42H2,1-3H3/b10-7-,12-9-,16-13-,21-19-,25-23-,26-18-,35-32-. The summed E-state index contributed by atoms with van der Waals surface area (Å²) in [4.78, 5) is 37.5. The molecule has 0 aromatic carbocycles. The highest BCUT2D eigenvalue weighted by atomic mass is 16.6. The minimum Gasteiger partial charge on any atom is -0.462 e. The molecule has 0 rings (SSSR count). The van der Waals surface area contributed by atoms with Gasteiger partial charge in [0.05, 0.1) is 6.42 Å². The Morgan fingerprint density at radius 3 is 1.50 bits per heavy atom. The lowest BCUT2D eigenvalue weighted by Gasteiger charge is -2.18. The van der Waals surface area contributed by atoms with Gasteiger partial charge < -0.3 is 14.2 Å². The van der Waals surface area contributed by atoms with Crippen molar-refractivity contribution in [3.05, 3.63) is 85.1 Å². The van der Waals surface area contributed by atoms with E-state index < -0.39 is 12.1 Å². The molecule has 52 heavy (non-hydrogen) atoms. The number of ether oxygens (including phenoxy) is 3. The Kier molecular flexibility index (Phi) is 37.7. The second kappa shape index (κ2) is 40.4. The Bertz CT molecular complexity index is 1060. The van der Waals surface area contributed by atoms with Crippen molar-refractivity contribution in [1.29, 1.82) is 0 Å². The summed E-state index contributed by atoms with van der Waals surface area (Å²) in [6, 6.07) is 0. The molecule has 0 aromatic rings. The highest BCUT2D eigenvalue weighted by molar-refractivity contribution is 5.72. The zero-order valence-electron chi connectivity index (χ0n) is 33.3. The lowest BCUT2D eigenvalue weighted by Crippen LogP contribution is -2.30. The molecule has 6 heteroatoms. The van der Waals surface area contributed by atoms with E-state index in [2.05, 4.69) is 57.2 Å². The minimum absolute atomic E-state index is 0.124. The van der Waals surface area contributed by atoms with E-state index in [4.69, 9.17) is 14.2 Å². The molecule has 0 heterocycles. The first-order valence-electron chi connectivity index (χ1n) is 20.6. The molecule has 0 aromatic heterocycles. The highest BCUT2D eigenvalue weighted by Crippen LogP contribution is 2.13. The van der Waals surface area contributed by atoms with Gasteiger partial charge in [-0.05, 0) is 51.4 Å². The van der Waals surface area contributed by atoms with Crippen LogP contribution >= 0.6 is 0 Å². The first-order chi connectivity index (χ1) is 25.5. The summed E-state index contributed by atoms with van der Waals surface area (Å²) in [5.41, 5.74) is 0. The van der Waals surface area contributed by atoms with Crippen molar-refractivity contribution in [2.75, 3.05) is 13.2 Å². The summed E-state index contributed by atoms with van der Waals surface area (Å²) in [6.45, 7) is 6.20. The van der Waals surface area contributed by atoms with E-state index in [1.165, 1.54) is 57.8 Å². The number of rotatable bonds is 35. The molecular weight excluding hydrogens is 648 g/mol. The SMILES string of the molecule is CC\C=C/C=C\C=C/C=C\CCCCCC(=O)OCC(COC(=O)C/C=C\C/C=C\C/C=C\CC)OC(=O)CCCCCCCCCCCCCC. The quantitative estimate of drug-likeness (QED) is 0.0213. The lowest BCUT2D eigenvalue weighted by atomic mass is 10.0. The van der Waals surface area contributed by atoms with Crippen molar-refractivity contribution in [2.45, 2.75) is 175 Å². The molecule has 0 aliphatic carbocycles. The Morgan fingerprint density at radius 2 is 0.904 bits per heavy atom. The van der Waals surface area contributed by atoms with Crippen LogP contribution in [0.1, 0.15) is 168 Å². The smallest absolute Gasteiger partial charge is 0.309 e. The van der Waals surface area contributed by atoms with Crippen LogP contribution in [0.15, 0.2) is 85.1 Å². The summed E-state index contributed by atoms with van der Waals surface area (Å²) in [6.07, 6.45) is 50.3. The second-order valence-electron chi connectivity index (χ2n) is 13.2. The predicted molar refractivity (Wildman–Crippen MR) is 219 cm³/mol. The minimum atomic E-state index is -0.823. The van der Waals surface area contributed by atoms with Gasteiger partial charge in [0.2, 0.25) is 0 Å². The number of carbonyl (C=O) groups is 3. The van der Waals surface area contributed by atoms with Gasteiger partial charge in [-0.1, -0.05) is 183 Å². The van der Waals surface area contributed by atoms with Crippen LogP contribution < -0.4 is 0 Å². The van der Waals surface area contributed by atoms with E-state index in [1.807, 2.05) is 42.5 Å². The normalized spacial score (nSPS) is 12.9. The summed E-state index contributed by atoms with van der Waals surface area (Å²) < 4.78 is 16.5. The number of esters is 3. The van der Waals surface area contributed by atoms with Crippen molar-refractivity contribution >= 4 is 17.9 Å². The van der Waals surface area contributed by atoms with Gasteiger partial charge in [-0.2, -0.15) is 0 Å². The van der Waals surface area contributed by atoms with E-state index in [0.717, 1.165) is 70.6 Å². The summed E-state index contributed by atoms with van der Waals surface area (Å²) >= 11 is 0. The fourth-order valence-electron chi connectivity index (χ4n) is 5.22. The zero-order chi connectivity index (χ0) is 38.0. The largest absolute Gasteiger partial charge is 0.462 e. The Balaban J connectivity index is 4.53. The molecule has 1 atom stereocenters. The Morgan fingerprint density at radius 1 is 0.442 bits per heavy atom. The monoisotopic (exact) mass is 723 g/mol. The molecule has 0 amide bonds. The molecule has 0 spiro atoms. The third kappa shape index (κ3) is 37.8. The maximum absolute atomic E-state index is 12.6. The van der Waals surface area contributed by atoms with E-state index >= 15 is 0 Å². The van der Waals surface area contributed by atoms with Crippen LogP contribution in [0, 0.1) is 0 Å². The second-order valence-corrected chi connectivity index (χ2v) is 13.2. The molecule has 0 N–H and O–H groups in total. The van der Waals surface area contributed by atoms with Gasteiger partial charge in [0, 0.05) is 12.8 Å². The summed E-state index contributed by atoms with van der Waals surface area (Å²) in [5.74, 6) is -1.10. The van der Waals surface area contributed by atoms with E-state index in [0.29, 0.717) is 12.8 Å².